The van der Waals surface area contributed by atoms with E-state index in [0.29, 0.717) is 0 Å². The lowest BCUT2D eigenvalue weighted by Crippen LogP contribution is -2.10. The fourth-order valence-corrected chi connectivity index (χ4v) is 1.77. The number of benzene rings is 1. The molecule has 0 saturated heterocycles. The minimum atomic E-state index is 0.861. The molecule has 4 heteroatoms. The van der Waals surface area contributed by atoms with Crippen LogP contribution in [-0.2, 0) is 6.54 Å². The van der Waals surface area contributed by atoms with Gasteiger partial charge in [0.05, 0.1) is 17.2 Å². The minimum absolute atomic E-state index is 0.861. The van der Waals surface area contributed by atoms with E-state index in [1.165, 1.54) is 5.56 Å². The molecule has 0 aliphatic carbocycles. The zero-order valence-electron chi connectivity index (χ0n) is 9.15. The molecule has 1 N–H and O–H groups in total. The summed E-state index contributed by atoms with van der Waals surface area (Å²) in [5, 5.41) is 7.54. The van der Waals surface area contributed by atoms with Gasteiger partial charge in [-0.2, -0.15) is 5.10 Å². The van der Waals surface area contributed by atoms with E-state index in [4.69, 9.17) is 0 Å². The van der Waals surface area contributed by atoms with Crippen molar-refractivity contribution < 1.29 is 0 Å². The van der Waals surface area contributed by atoms with Gasteiger partial charge in [-0.25, -0.2) is 0 Å². The summed E-state index contributed by atoms with van der Waals surface area (Å²) in [7, 11) is 0. The first-order valence-corrected chi connectivity index (χ1v) is 6.02. The fraction of sp³-hybridized carbons (Fsp3) is 0.250. The standard InChI is InChI=1S/C12H14BrN3/c1-10-2-4-12(5-3-10)14-6-7-16-9-11(13)8-15-16/h2-5,8-9,14H,6-7H2,1H3. The summed E-state index contributed by atoms with van der Waals surface area (Å²) in [6.45, 7) is 3.82. The normalized spacial score (nSPS) is 10.4. The van der Waals surface area contributed by atoms with Crippen molar-refractivity contribution in [1.82, 2.24) is 9.78 Å². The third-order valence-electron chi connectivity index (χ3n) is 2.32. The quantitative estimate of drug-likeness (QED) is 0.932. The maximum Gasteiger partial charge on any atom is 0.0632 e. The van der Waals surface area contributed by atoms with Gasteiger partial charge in [-0.1, -0.05) is 17.7 Å². The van der Waals surface area contributed by atoms with Crippen molar-refractivity contribution in [2.24, 2.45) is 0 Å². The second-order valence-corrected chi connectivity index (χ2v) is 4.63. The average molecular weight is 280 g/mol. The number of rotatable bonds is 4. The highest BCUT2D eigenvalue weighted by molar-refractivity contribution is 9.10. The number of hydrogen-bond donors (Lipinski definition) is 1. The summed E-state index contributed by atoms with van der Waals surface area (Å²) < 4.78 is 2.92. The third kappa shape index (κ3) is 3.10. The maximum absolute atomic E-state index is 4.19. The van der Waals surface area contributed by atoms with Gasteiger partial charge in [-0.05, 0) is 35.0 Å². The van der Waals surface area contributed by atoms with Crippen molar-refractivity contribution in [1.29, 1.82) is 0 Å². The molecule has 0 spiro atoms. The van der Waals surface area contributed by atoms with Gasteiger partial charge in [0.15, 0.2) is 0 Å². The molecule has 1 aromatic carbocycles. The van der Waals surface area contributed by atoms with Crippen LogP contribution >= 0.6 is 15.9 Å². The zero-order chi connectivity index (χ0) is 11.4. The molecule has 0 atom stereocenters. The molecule has 0 radical (unpaired) electrons. The van der Waals surface area contributed by atoms with Crippen molar-refractivity contribution >= 4 is 21.6 Å². The highest BCUT2D eigenvalue weighted by Crippen LogP contribution is 2.09. The molecule has 0 saturated carbocycles. The Kier molecular flexibility index (Phi) is 3.62. The summed E-state index contributed by atoms with van der Waals surface area (Å²) in [5.74, 6) is 0. The lowest BCUT2D eigenvalue weighted by molar-refractivity contribution is 0.637. The summed E-state index contributed by atoms with van der Waals surface area (Å²) in [4.78, 5) is 0. The first-order valence-electron chi connectivity index (χ1n) is 5.22. The van der Waals surface area contributed by atoms with Gasteiger partial charge in [-0.3, -0.25) is 4.68 Å². The minimum Gasteiger partial charge on any atom is -0.383 e. The number of nitrogens with zero attached hydrogens (tertiary/aromatic N) is 2. The summed E-state index contributed by atoms with van der Waals surface area (Å²) >= 11 is 3.37. The van der Waals surface area contributed by atoms with E-state index >= 15 is 0 Å². The Morgan fingerprint density at radius 2 is 2.06 bits per heavy atom. The number of aromatic nitrogens is 2. The highest BCUT2D eigenvalue weighted by atomic mass is 79.9. The van der Waals surface area contributed by atoms with Crippen LogP contribution in [0.3, 0.4) is 0 Å². The zero-order valence-corrected chi connectivity index (χ0v) is 10.7. The molecule has 1 heterocycles. The Morgan fingerprint density at radius 3 is 2.69 bits per heavy atom. The van der Waals surface area contributed by atoms with E-state index in [1.807, 2.05) is 10.9 Å². The molecule has 0 unspecified atom stereocenters. The van der Waals surface area contributed by atoms with Crippen LogP contribution in [0.25, 0.3) is 0 Å². The lowest BCUT2D eigenvalue weighted by Gasteiger charge is -2.06. The van der Waals surface area contributed by atoms with Gasteiger partial charge >= 0.3 is 0 Å². The van der Waals surface area contributed by atoms with E-state index in [9.17, 15) is 0 Å². The van der Waals surface area contributed by atoms with Crippen LogP contribution in [0.1, 0.15) is 5.56 Å². The van der Waals surface area contributed by atoms with Gasteiger partial charge in [0.2, 0.25) is 0 Å². The molecular formula is C12H14BrN3. The Hall–Kier alpha value is -1.29. The highest BCUT2D eigenvalue weighted by Gasteiger charge is 1.95. The number of anilines is 1. The van der Waals surface area contributed by atoms with Crippen molar-refractivity contribution in [3.8, 4) is 0 Å². The van der Waals surface area contributed by atoms with Gasteiger partial charge in [-0.15, -0.1) is 0 Å². The molecule has 0 aliphatic heterocycles. The molecule has 84 valence electrons. The summed E-state index contributed by atoms with van der Waals surface area (Å²) in [5.41, 5.74) is 2.43. The smallest absolute Gasteiger partial charge is 0.0632 e. The number of nitrogens with one attached hydrogen (secondary N) is 1. The van der Waals surface area contributed by atoms with Crippen LogP contribution < -0.4 is 5.32 Å². The molecule has 2 rings (SSSR count). The molecule has 2 aromatic rings. The molecule has 1 aromatic heterocycles. The lowest BCUT2D eigenvalue weighted by atomic mass is 10.2. The number of halogens is 1. The van der Waals surface area contributed by atoms with Crippen LogP contribution in [0, 0.1) is 6.92 Å². The predicted octanol–water partition coefficient (Wildman–Crippen LogP) is 3.07. The predicted molar refractivity (Wildman–Crippen MR) is 69.6 cm³/mol. The Morgan fingerprint density at radius 1 is 1.31 bits per heavy atom. The molecule has 0 amide bonds. The second-order valence-electron chi connectivity index (χ2n) is 3.71. The summed E-state index contributed by atoms with van der Waals surface area (Å²) in [6.07, 6.45) is 3.77. The topological polar surface area (TPSA) is 29.9 Å². The van der Waals surface area contributed by atoms with Crippen LogP contribution in [0.15, 0.2) is 41.1 Å². The van der Waals surface area contributed by atoms with E-state index in [-0.39, 0.29) is 0 Å². The molecule has 0 aliphatic rings. The Bertz CT molecular complexity index is 448. The van der Waals surface area contributed by atoms with E-state index in [0.717, 1.165) is 23.2 Å². The van der Waals surface area contributed by atoms with Crippen molar-refractivity contribution in [3.05, 3.63) is 46.7 Å². The van der Waals surface area contributed by atoms with E-state index < -0.39 is 0 Å². The first kappa shape index (κ1) is 11.2. The molecular weight excluding hydrogens is 266 g/mol. The largest absolute Gasteiger partial charge is 0.383 e. The van der Waals surface area contributed by atoms with Crippen LogP contribution in [0.4, 0.5) is 5.69 Å². The monoisotopic (exact) mass is 279 g/mol. The fourth-order valence-electron chi connectivity index (χ4n) is 1.45. The SMILES string of the molecule is Cc1ccc(NCCn2cc(Br)cn2)cc1. The molecule has 16 heavy (non-hydrogen) atoms. The van der Waals surface area contributed by atoms with Gasteiger partial charge in [0, 0.05) is 18.4 Å². The van der Waals surface area contributed by atoms with Crippen molar-refractivity contribution in [3.63, 3.8) is 0 Å². The first-order chi connectivity index (χ1) is 7.74. The second kappa shape index (κ2) is 5.16. The van der Waals surface area contributed by atoms with Crippen LogP contribution in [0.5, 0.6) is 0 Å². The molecule has 0 bridgehead atoms. The van der Waals surface area contributed by atoms with Crippen molar-refractivity contribution in [2.45, 2.75) is 13.5 Å². The van der Waals surface area contributed by atoms with E-state index in [2.05, 4.69) is 57.5 Å². The summed E-state index contributed by atoms with van der Waals surface area (Å²) in [6, 6.07) is 8.39. The van der Waals surface area contributed by atoms with Gasteiger partial charge in [0.25, 0.3) is 0 Å². The Balaban J connectivity index is 1.82. The molecule has 3 nitrogen and oxygen atoms in total. The number of hydrogen-bond acceptors (Lipinski definition) is 2. The number of aryl methyl sites for hydroxylation is 1. The van der Waals surface area contributed by atoms with Crippen LogP contribution in [-0.4, -0.2) is 16.3 Å². The van der Waals surface area contributed by atoms with Gasteiger partial charge < -0.3 is 5.32 Å². The third-order valence-corrected chi connectivity index (χ3v) is 2.73. The maximum atomic E-state index is 4.19. The van der Waals surface area contributed by atoms with Crippen LogP contribution in [0.2, 0.25) is 0 Å². The Labute approximate surface area is 104 Å². The van der Waals surface area contributed by atoms with Gasteiger partial charge in [0.1, 0.15) is 0 Å². The molecule has 0 fully saturated rings. The van der Waals surface area contributed by atoms with E-state index in [1.54, 1.807) is 6.20 Å². The van der Waals surface area contributed by atoms with Crippen molar-refractivity contribution in [2.75, 3.05) is 11.9 Å². The average Bonchev–Trinajstić information content (AvgIpc) is 2.67.